The maximum Gasteiger partial charge on any atom is 0.0609 e. The van der Waals surface area contributed by atoms with Crippen molar-refractivity contribution in [3.05, 3.63) is 30.1 Å². The van der Waals surface area contributed by atoms with Crippen LogP contribution in [0.15, 0.2) is 24.4 Å². The van der Waals surface area contributed by atoms with Crippen molar-refractivity contribution in [2.75, 3.05) is 20.2 Å². The number of nitrogens with zero attached hydrogens (tertiary/aromatic N) is 2. The maximum atomic E-state index is 9.20. The molecule has 0 aromatic carbocycles. The van der Waals surface area contributed by atoms with Crippen LogP contribution in [-0.2, 0) is 6.42 Å². The average Bonchev–Trinajstić information content (AvgIpc) is 2.27. The van der Waals surface area contributed by atoms with Gasteiger partial charge in [0.15, 0.2) is 0 Å². The van der Waals surface area contributed by atoms with E-state index >= 15 is 0 Å². The minimum Gasteiger partial charge on any atom is -0.394 e. The molecule has 0 atom stereocenters. The highest BCUT2D eigenvalue weighted by atomic mass is 16.3. The molecular weight excluding hydrogens is 188 g/mol. The van der Waals surface area contributed by atoms with Gasteiger partial charge >= 0.3 is 0 Å². The van der Waals surface area contributed by atoms with Crippen molar-refractivity contribution in [1.82, 2.24) is 9.88 Å². The Morgan fingerprint density at radius 2 is 2.13 bits per heavy atom. The SMILES string of the molecule is CN(CCc1ccccn1)C(C)(C)CO. The molecule has 0 fully saturated rings. The third kappa shape index (κ3) is 3.61. The first-order chi connectivity index (χ1) is 7.06. The van der Waals surface area contributed by atoms with E-state index in [0.29, 0.717) is 0 Å². The summed E-state index contributed by atoms with van der Waals surface area (Å²) in [7, 11) is 2.03. The number of aliphatic hydroxyl groups excluding tert-OH is 1. The lowest BCUT2D eigenvalue weighted by molar-refractivity contribution is 0.0799. The predicted octanol–water partition coefficient (Wildman–Crippen LogP) is 1.33. The van der Waals surface area contributed by atoms with Gasteiger partial charge in [-0.05, 0) is 33.0 Å². The summed E-state index contributed by atoms with van der Waals surface area (Å²) < 4.78 is 0. The van der Waals surface area contributed by atoms with Crippen LogP contribution >= 0.6 is 0 Å². The van der Waals surface area contributed by atoms with Crippen molar-refractivity contribution < 1.29 is 5.11 Å². The van der Waals surface area contributed by atoms with E-state index in [0.717, 1.165) is 18.7 Å². The van der Waals surface area contributed by atoms with E-state index in [-0.39, 0.29) is 12.1 Å². The van der Waals surface area contributed by atoms with E-state index < -0.39 is 0 Å². The standard InChI is InChI=1S/C12H20N2O/c1-12(2,10-15)14(3)9-7-11-6-4-5-8-13-11/h4-6,8,15H,7,9-10H2,1-3H3. The van der Waals surface area contributed by atoms with Gasteiger partial charge in [-0.1, -0.05) is 6.07 Å². The molecule has 15 heavy (non-hydrogen) atoms. The van der Waals surface area contributed by atoms with E-state index in [2.05, 4.69) is 9.88 Å². The molecule has 84 valence electrons. The number of hydrogen-bond acceptors (Lipinski definition) is 3. The van der Waals surface area contributed by atoms with Crippen LogP contribution in [0.4, 0.5) is 0 Å². The highest BCUT2D eigenvalue weighted by Gasteiger charge is 2.21. The van der Waals surface area contributed by atoms with Crippen LogP contribution in [0.1, 0.15) is 19.5 Å². The van der Waals surface area contributed by atoms with Crippen LogP contribution in [0, 0.1) is 0 Å². The molecule has 1 aromatic rings. The van der Waals surface area contributed by atoms with Gasteiger partial charge in [-0.3, -0.25) is 9.88 Å². The van der Waals surface area contributed by atoms with Crippen molar-refractivity contribution >= 4 is 0 Å². The van der Waals surface area contributed by atoms with Gasteiger partial charge in [0, 0.05) is 30.4 Å². The first kappa shape index (κ1) is 12.1. The second kappa shape index (κ2) is 5.24. The molecule has 0 bridgehead atoms. The minimum atomic E-state index is -0.158. The number of pyridine rings is 1. The van der Waals surface area contributed by atoms with E-state index in [9.17, 15) is 5.11 Å². The number of aliphatic hydroxyl groups is 1. The monoisotopic (exact) mass is 208 g/mol. The van der Waals surface area contributed by atoms with Gasteiger partial charge in [0.1, 0.15) is 0 Å². The fraction of sp³-hybridized carbons (Fsp3) is 0.583. The molecule has 0 amide bonds. The zero-order valence-corrected chi connectivity index (χ0v) is 9.77. The smallest absolute Gasteiger partial charge is 0.0609 e. The molecule has 0 radical (unpaired) electrons. The lowest BCUT2D eigenvalue weighted by Gasteiger charge is -2.33. The topological polar surface area (TPSA) is 36.4 Å². The Kier molecular flexibility index (Phi) is 4.24. The summed E-state index contributed by atoms with van der Waals surface area (Å²) >= 11 is 0. The predicted molar refractivity (Wildman–Crippen MR) is 61.7 cm³/mol. The highest BCUT2D eigenvalue weighted by molar-refractivity contribution is 5.03. The van der Waals surface area contributed by atoms with Gasteiger partial charge in [0.25, 0.3) is 0 Å². The molecule has 0 aliphatic heterocycles. The molecule has 1 N–H and O–H groups in total. The zero-order valence-electron chi connectivity index (χ0n) is 9.77. The van der Waals surface area contributed by atoms with Crippen LogP contribution in [0.2, 0.25) is 0 Å². The van der Waals surface area contributed by atoms with Crippen molar-refractivity contribution in [2.24, 2.45) is 0 Å². The molecule has 3 nitrogen and oxygen atoms in total. The highest BCUT2D eigenvalue weighted by Crippen LogP contribution is 2.11. The second-order valence-corrected chi connectivity index (χ2v) is 4.46. The molecule has 1 aromatic heterocycles. The molecule has 0 aliphatic carbocycles. The molecule has 0 unspecified atom stereocenters. The Hall–Kier alpha value is -0.930. The Bertz CT molecular complexity index is 285. The largest absolute Gasteiger partial charge is 0.394 e. The molecule has 0 saturated heterocycles. The summed E-state index contributed by atoms with van der Waals surface area (Å²) in [5.74, 6) is 0. The molecule has 1 rings (SSSR count). The van der Waals surface area contributed by atoms with Crippen molar-refractivity contribution in [3.63, 3.8) is 0 Å². The minimum absolute atomic E-state index is 0.158. The van der Waals surface area contributed by atoms with Crippen LogP contribution < -0.4 is 0 Å². The zero-order chi connectivity index (χ0) is 11.3. The van der Waals surface area contributed by atoms with E-state index in [1.165, 1.54) is 0 Å². The third-order valence-corrected chi connectivity index (χ3v) is 2.85. The van der Waals surface area contributed by atoms with Crippen LogP contribution in [0.3, 0.4) is 0 Å². The van der Waals surface area contributed by atoms with E-state index in [1.807, 2.05) is 45.3 Å². The number of rotatable bonds is 5. The first-order valence-electron chi connectivity index (χ1n) is 5.28. The molecule has 0 aliphatic rings. The van der Waals surface area contributed by atoms with E-state index in [4.69, 9.17) is 0 Å². The molecule has 1 heterocycles. The fourth-order valence-electron chi connectivity index (χ4n) is 1.25. The Morgan fingerprint density at radius 3 is 2.67 bits per heavy atom. The summed E-state index contributed by atoms with van der Waals surface area (Å²) in [6.45, 7) is 5.15. The lowest BCUT2D eigenvalue weighted by atomic mass is 10.0. The van der Waals surface area contributed by atoms with Crippen LogP contribution in [-0.4, -0.2) is 40.7 Å². The van der Waals surface area contributed by atoms with Gasteiger partial charge in [0.05, 0.1) is 6.61 Å². The van der Waals surface area contributed by atoms with Crippen molar-refractivity contribution in [2.45, 2.75) is 25.8 Å². The molecule has 0 saturated carbocycles. The van der Waals surface area contributed by atoms with Crippen LogP contribution in [0.5, 0.6) is 0 Å². The summed E-state index contributed by atoms with van der Waals surface area (Å²) in [4.78, 5) is 6.42. The number of aromatic nitrogens is 1. The quantitative estimate of drug-likeness (QED) is 0.793. The van der Waals surface area contributed by atoms with Crippen LogP contribution in [0.25, 0.3) is 0 Å². The normalized spacial score (nSPS) is 12.1. The molecule has 0 spiro atoms. The Labute approximate surface area is 91.8 Å². The second-order valence-electron chi connectivity index (χ2n) is 4.46. The fourth-order valence-corrected chi connectivity index (χ4v) is 1.25. The first-order valence-corrected chi connectivity index (χ1v) is 5.28. The van der Waals surface area contributed by atoms with Gasteiger partial charge < -0.3 is 5.11 Å². The summed E-state index contributed by atoms with van der Waals surface area (Å²) in [5.41, 5.74) is 0.937. The molecular formula is C12H20N2O. The summed E-state index contributed by atoms with van der Waals surface area (Å²) in [5, 5.41) is 9.20. The van der Waals surface area contributed by atoms with Crippen molar-refractivity contribution in [3.8, 4) is 0 Å². The van der Waals surface area contributed by atoms with Gasteiger partial charge in [0.2, 0.25) is 0 Å². The Morgan fingerprint density at radius 1 is 1.40 bits per heavy atom. The molecule has 3 heteroatoms. The van der Waals surface area contributed by atoms with Crippen molar-refractivity contribution in [1.29, 1.82) is 0 Å². The summed E-state index contributed by atoms with van der Waals surface area (Å²) in [6, 6.07) is 5.95. The number of likely N-dealkylation sites (N-methyl/N-ethyl adjacent to an activating group) is 1. The Balaban J connectivity index is 2.44. The lowest BCUT2D eigenvalue weighted by Crippen LogP contribution is -2.45. The number of hydrogen-bond donors (Lipinski definition) is 1. The van der Waals surface area contributed by atoms with Gasteiger partial charge in [-0.15, -0.1) is 0 Å². The maximum absolute atomic E-state index is 9.20. The summed E-state index contributed by atoms with van der Waals surface area (Å²) in [6.07, 6.45) is 2.73. The van der Waals surface area contributed by atoms with Gasteiger partial charge in [-0.2, -0.15) is 0 Å². The average molecular weight is 208 g/mol. The van der Waals surface area contributed by atoms with E-state index in [1.54, 1.807) is 0 Å². The third-order valence-electron chi connectivity index (χ3n) is 2.85. The van der Waals surface area contributed by atoms with Gasteiger partial charge in [-0.25, -0.2) is 0 Å².